The number of hydrazine groups is 1. The van der Waals surface area contributed by atoms with E-state index >= 15 is 0 Å². The van der Waals surface area contributed by atoms with Crippen molar-refractivity contribution in [3.05, 3.63) is 0 Å². The molecule has 5 nitrogen and oxygen atoms in total. The summed E-state index contributed by atoms with van der Waals surface area (Å²) in [6.45, 7) is 8.10. The summed E-state index contributed by atoms with van der Waals surface area (Å²) in [5.41, 5.74) is 3.97. The fraction of sp³-hybridized carbons (Fsp3) is 1.00. The molecule has 0 amide bonds. The van der Waals surface area contributed by atoms with Crippen LogP contribution in [0, 0.1) is 5.41 Å². The van der Waals surface area contributed by atoms with E-state index in [1.165, 1.54) is 12.8 Å². The zero-order valence-electron chi connectivity index (χ0n) is 13.7. The van der Waals surface area contributed by atoms with Crippen molar-refractivity contribution in [2.45, 2.75) is 63.8 Å². The van der Waals surface area contributed by atoms with E-state index < -0.39 is 0 Å². The van der Waals surface area contributed by atoms with Crippen molar-refractivity contribution in [3.8, 4) is 0 Å². The highest BCUT2D eigenvalue weighted by atomic mass is 16.7. The summed E-state index contributed by atoms with van der Waals surface area (Å²) in [6.07, 6.45) is 5.65. The van der Waals surface area contributed by atoms with Crippen LogP contribution in [0.5, 0.6) is 0 Å². The Hall–Kier alpha value is -0.200. The summed E-state index contributed by atoms with van der Waals surface area (Å²) >= 11 is 0. The van der Waals surface area contributed by atoms with Crippen molar-refractivity contribution < 1.29 is 14.2 Å². The van der Waals surface area contributed by atoms with Gasteiger partial charge in [0.15, 0.2) is 5.79 Å². The van der Waals surface area contributed by atoms with Gasteiger partial charge in [-0.1, -0.05) is 6.92 Å². The molecule has 0 aromatic carbocycles. The van der Waals surface area contributed by atoms with Gasteiger partial charge in [-0.3, -0.25) is 5.43 Å². The van der Waals surface area contributed by atoms with E-state index in [1.807, 2.05) is 0 Å². The first-order valence-corrected chi connectivity index (χ1v) is 8.37. The van der Waals surface area contributed by atoms with Crippen LogP contribution in [0.2, 0.25) is 0 Å². The van der Waals surface area contributed by atoms with Crippen LogP contribution in [-0.4, -0.2) is 56.4 Å². The summed E-state index contributed by atoms with van der Waals surface area (Å²) < 4.78 is 17.1. The van der Waals surface area contributed by atoms with Gasteiger partial charge in [-0.2, -0.15) is 0 Å². The third-order valence-electron chi connectivity index (χ3n) is 5.70. The van der Waals surface area contributed by atoms with Crippen molar-refractivity contribution in [1.29, 1.82) is 0 Å². The molecule has 21 heavy (non-hydrogen) atoms. The van der Waals surface area contributed by atoms with Crippen LogP contribution in [0.15, 0.2) is 0 Å². The first-order chi connectivity index (χ1) is 10.1. The van der Waals surface area contributed by atoms with Gasteiger partial charge in [0.1, 0.15) is 0 Å². The number of methoxy groups -OCH3 is 1. The highest BCUT2D eigenvalue weighted by Crippen LogP contribution is 2.50. The minimum Gasteiger partial charge on any atom is -0.383 e. The number of nitrogens with one attached hydrogen (secondary N) is 1. The standard InChI is InChI=1S/C16H30N2O3/c1-13(17-18-8-4-5-14(18)11-19-3)15(2)6-7-16(12-15)20-9-10-21-16/h13-14,17H,4-12H2,1-3H3/t13-,14+,15-/m1/s1. The van der Waals surface area contributed by atoms with Crippen LogP contribution in [0.3, 0.4) is 0 Å². The van der Waals surface area contributed by atoms with E-state index in [4.69, 9.17) is 14.2 Å². The van der Waals surface area contributed by atoms with Gasteiger partial charge in [-0.15, -0.1) is 0 Å². The van der Waals surface area contributed by atoms with E-state index in [9.17, 15) is 0 Å². The Bertz CT molecular complexity index is 359. The molecule has 3 fully saturated rings. The van der Waals surface area contributed by atoms with Gasteiger partial charge in [-0.25, -0.2) is 5.01 Å². The molecule has 1 spiro atoms. The molecule has 3 rings (SSSR count). The summed E-state index contributed by atoms with van der Waals surface area (Å²) in [4.78, 5) is 0. The van der Waals surface area contributed by atoms with E-state index in [0.29, 0.717) is 12.1 Å². The fourth-order valence-corrected chi connectivity index (χ4v) is 4.16. The molecule has 1 aliphatic carbocycles. The number of rotatable bonds is 5. The summed E-state index contributed by atoms with van der Waals surface area (Å²) in [6, 6.07) is 0.928. The Morgan fingerprint density at radius 2 is 2.10 bits per heavy atom. The van der Waals surface area contributed by atoms with Crippen LogP contribution >= 0.6 is 0 Å². The monoisotopic (exact) mass is 298 g/mol. The molecule has 3 aliphatic rings. The van der Waals surface area contributed by atoms with Gasteiger partial charge in [0, 0.05) is 38.6 Å². The predicted octanol–water partition coefficient (Wildman–Crippen LogP) is 1.92. The zero-order chi connectivity index (χ0) is 14.9. The topological polar surface area (TPSA) is 43.0 Å². The highest BCUT2D eigenvalue weighted by molar-refractivity contribution is 4.98. The van der Waals surface area contributed by atoms with Gasteiger partial charge < -0.3 is 14.2 Å². The maximum Gasteiger partial charge on any atom is 0.169 e. The van der Waals surface area contributed by atoms with Crippen LogP contribution in [-0.2, 0) is 14.2 Å². The van der Waals surface area contributed by atoms with Gasteiger partial charge in [0.2, 0.25) is 0 Å². The quantitative estimate of drug-likeness (QED) is 0.840. The Morgan fingerprint density at radius 1 is 1.33 bits per heavy atom. The zero-order valence-corrected chi connectivity index (χ0v) is 13.7. The van der Waals surface area contributed by atoms with Crippen molar-refractivity contribution in [2.75, 3.05) is 33.5 Å². The molecule has 2 aliphatic heterocycles. The molecule has 5 heteroatoms. The lowest BCUT2D eigenvalue weighted by Gasteiger charge is -2.38. The van der Waals surface area contributed by atoms with Crippen LogP contribution in [0.1, 0.15) is 46.0 Å². The molecular formula is C16H30N2O3. The molecular weight excluding hydrogens is 268 g/mol. The van der Waals surface area contributed by atoms with Crippen LogP contribution in [0.4, 0.5) is 0 Å². The average Bonchev–Trinajstić information content (AvgIpc) is 3.15. The number of ether oxygens (including phenoxy) is 3. The van der Waals surface area contributed by atoms with Crippen molar-refractivity contribution in [3.63, 3.8) is 0 Å². The van der Waals surface area contributed by atoms with E-state index in [2.05, 4.69) is 24.3 Å². The maximum absolute atomic E-state index is 5.89. The molecule has 0 aromatic rings. The van der Waals surface area contributed by atoms with Gasteiger partial charge >= 0.3 is 0 Å². The Kier molecular flexibility index (Phi) is 4.58. The lowest BCUT2D eigenvalue weighted by atomic mass is 9.81. The Morgan fingerprint density at radius 3 is 2.81 bits per heavy atom. The lowest BCUT2D eigenvalue weighted by Crippen LogP contribution is -2.53. The third kappa shape index (κ3) is 3.13. The predicted molar refractivity (Wildman–Crippen MR) is 80.8 cm³/mol. The molecule has 1 N–H and O–H groups in total. The van der Waals surface area contributed by atoms with Crippen molar-refractivity contribution in [2.24, 2.45) is 5.41 Å². The van der Waals surface area contributed by atoms with Crippen LogP contribution in [0.25, 0.3) is 0 Å². The molecule has 1 saturated carbocycles. The Balaban J connectivity index is 1.58. The highest BCUT2D eigenvalue weighted by Gasteiger charge is 2.52. The molecule has 0 radical (unpaired) electrons. The number of hydrogen-bond acceptors (Lipinski definition) is 5. The Labute approximate surface area is 128 Å². The van der Waals surface area contributed by atoms with Gasteiger partial charge in [-0.05, 0) is 31.6 Å². The summed E-state index contributed by atoms with van der Waals surface area (Å²) in [5, 5.41) is 2.39. The first-order valence-electron chi connectivity index (χ1n) is 8.37. The SMILES string of the molecule is COC[C@@H]1CCCN1N[C@H](C)[C@]1(C)CCC2(C1)OCCO2. The third-order valence-corrected chi connectivity index (χ3v) is 5.70. The number of nitrogens with zero attached hydrogens (tertiary/aromatic N) is 1. The van der Waals surface area contributed by atoms with Crippen molar-refractivity contribution >= 4 is 0 Å². The second-order valence-corrected chi connectivity index (χ2v) is 7.23. The molecule has 3 atom stereocenters. The fourth-order valence-electron chi connectivity index (χ4n) is 4.16. The molecule has 0 aromatic heterocycles. The molecule has 2 saturated heterocycles. The first kappa shape index (κ1) is 15.7. The second kappa shape index (κ2) is 6.13. The van der Waals surface area contributed by atoms with Gasteiger partial charge in [0.25, 0.3) is 0 Å². The molecule has 0 unspecified atom stereocenters. The van der Waals surface area contributed by atoms with Crippen molar-refractivity contribution in [1.82, 2.24) is 10.4 Å². The molecule has 2 heterocycles. The van der Waals surface area contributed by atoms with Gasteiger partial charge in [0.05, 0.1) is 19.8 Å². The summed E-state index contributed by atoms with van der Waals surface area (Å²) in [7, 11) is 1.79. The average molecular weight is 298 g/mol. The van der Waals surface area contributed by atoms with E-state index in [1.54, 1.807) is 7.11 Å². The largest absolute Gasteiger partial charge is 0.383 e. The van der Waals surface area contributed by atoms with E-state index in [-0.39, 0.29) is 11.2 Å². The normalized spacial score (nSPS) is 37.6. The maximum atomic E-state index is 5.89. The smallest absolute Gasteiger partial charge is 0.169 e. The van der Waals surface area contributed by atoms with E-state index in [0.717, 1.165) is 45.6 Å². The van der Waals surface area contributed by atoms with Crippen LogP contribution < -0.4 is 5.43 Å². The number of hydrogen-bond donors (Lipinski definition) is 1. The lowest BCUT2D eigenvalue weighted by molar-refractivity contribution is -0.157. The molecule has 0 bridgehead atoms. The minimum absolute atomic E-state index is 0.227. The second-order valence-electron chi connectivity index (χ2n) is 7.23. The summed E-state index contributed by atoms with van der Waals surface area (Å²) in [5.74, 6) is -0.290. The molecule has 122 valence electrons. The minimum atomic E-state index is -0.290.